The third-order valence-electron chi connectivity index (χ3n) is 7.32. The summed E-state index contributed by atoms with van der Waals surface area (Å²) < 4.78 is 16.9. The van der Waals surface area contributed by atoms with Crippen LogP contribution in [0, 0.1) is 16.7 Å². The summed E-state index contributed by atoms with van der Waals surface area (Å²) in [5.74, 6) is -0.194. The molecule has 6 heteroatoms. The lowest BCUT2D eigenvalue weighted by molar-refractivity contribution is -0.151. The maximum absolute atomic E-state index is 13.1. The van der Waals surface area contributed by atoms with Gasteiger partial charge in [-0.1, -0.05) is 19.6 Å². The monoisotopic (exact) mass is 382 g/mol. The smallest absolute Gasteiger partial charge is 0.334 e. The van der Waals surface area contributed by atoms with Crippen LogP contribution < -0.4 is 0 Å². The van der Waals surface area contributed by atoms with Gasteiger partial charge in [-0.25, -0.2) is 4.79 Å². The van der Waals surface area contributed by atoms with Gasteiger partial charge >= 0.3 is 11.9 Å². The summed E-state index contributed by atoms with van der Waals surface area (Å²) in [4.78, 5) is 37.4. The van der Waals surface area contributed by atoms with Crippen LogP contribution in [0.4, 0.5) is 0 Å². The number of cyclic esters (lactones) is 1. The van der Waals surface area contributed by atoms with Crippen molar-refractivity contribution in [2.45, 2.75) is 45.1 Å². The molecule has 1 aliphatic heterocycles. The van der Waals surface area contributed by atoms with Crippen LogP contribution in [-0.4, -0.2) is 30.4 Å². The van der Waals surface area contributed by atoms with Gasteiger partial charge in [-0.3, -0.25) is 9.59 Å². The predicted molar refractivity (Wildman–Crippen MR) is 97.4 cm³/mol. The van der Waals surface area contributed by atoms with E-state index >= 15 is 0 Å². The number of rotatable bonds is 1. The Labute approximate surface area is 162 Å². The Morgan fingerprint density at radius 3 is 2.89 bits per heavy atom. The number of hydrogen-bond donors (Lipinski definition) is 0. The molecule has 1 saturated heterocycles. The van der Waals surface area contributed by atoms with Crippen LogP contribution in [0.5, 0.6) is 0 Å². The third-order valence-corrected chi connectivity index (χ3v) is 7.32. The lowest BCUT2D eigenvalue weighted by Crippen LogP contribution is -2.56. The summed E-state index contributed by atoms with van der Waals surface area (Å²) in [6.07, 6.45) is 4.20. The van der Waals surface area contributed by atoms with Crippen LogP contribution in [0.15, 0.2) is 40.5 Å². The van der Waals surface area contributed by atoms with E-state index in [-0.39, 0.29) is 36.6 Å². The molecule has 1 aromatic heterocycles. The van der Waals surface area contributed by atoms with Crippen LogP contribution in [0.25, 0.3) is 0 Å². The zero-order chi connectivity index (χ0) is 19.8. The lowest BCUT2D eigenvalue weighted by atomic mass is 9.45. The molecule has 2 fully saturated rings. The number of hydrogen-bond acceptors (Lipinski definition) is 6. The molecule has 4 aliphatic rings. The Balaban J connectivity index is 1.75. The fourth-order valence-electron chi connectivity index (χ4n) is 6.30. The zero-order valence-corrected chi connectivity index (χ0v) is 15.9. The quantitative estimate of drug-likeness (QED) is 0.547. The van der Waals surface area contributed by atoms with Gasteiger partial charge in [0.05, 0.1) is 11.8 Å². The number of fused-ring (bicyclic) bond motifs is 2. The van der Waals surface area contributed by atoms with Crippen LogP contribution in [-0.2, 0) is 19.1 Å². The number of carbonyl (C=O) groups is 3. The van der Waals surface area contributed by atoms with Crippen molar-refractivity contribution in [1.29, 1.82) is 0 Å². The van der Waals surface area contributed by atoms with Gasteiger partial charge in [0.1, 0.15) is 18.5 Å². The molecule has 146 valence electrons. The van der Waals surface area contributed by atoms with Gasteiger partial charge in [0.2, 0.25) is 0 Å². The highest BCUT2D eigenvalue weighted by Gasteiger charge is 2.67. The van der Waals surface area contributed by atoms with Gasteiger partial charge in [-0.05, 0) is 24.0 Å². The van der Waals surface area contributed by atoms with E-state index in [1.165, 1.54) is 6.92 Å². The van der Waals surface area contributed by atoms with Crippen LogP contribution in [0.2, 0.25) is 0 Å². The summed E-state index contributed by atoms with van der Waals surface area (Å²) in [7, 11) is 0. The van der Waals surface area contributed by atoms with Crippen LogP contribution >= 0.6 is 0 Å². The first-order valence-electron chi connectivity index (χ1n) is 9.63. The van der Waals surface area contributed by atoms with Gasteiger partial charge in [0, 0.05) is 42.1 Å². The third kappa shape index (κ3) is 2.01. The van der Waals surface area contributed by atoms with E-state index in [1.807, 2.05) is 13.0 Å². The number of furan rings is 1. The molecule has 2 heterocycles. The van der Waals surface area contributed by atoms with Gasteiger partial charge in [0.25, 0.3) is 0 Å². The Morgan fingerprint density at radius 2 is 2.14 bits per heavy atom. The average Bonchev–Trinajstić information content (AvgIpc) is 3.21. The van der Waals surface area contributed by atoms with E-state index < -0.39 is 22.9 Å². The Hall–Kier alpha value is -2.63. The minimum Gasteiger partial charge on any atom is -0.468 e. The number of Topliss-reactive ketones (excluding diaryl/α,β-unsaturated/α-hetero) is 1. The Morgan fingerprint density at radius 1 is 1.36 bits per heavy atom. The maximum atomic E-state index is 13.1. The lowest BCUT2D eigenvalue weighted by Gasteiger charge is -2.57. The highest BCUT2D eigenvalue weighted by molar-refractivity contribution is 5.99. The van der Waals surface area contributed by atoms with E-state index in [2.05, 4.69) is 6.58 Å². The second-order valence-corrected chi connectivity index (χ2v) is 8.71. The van der Waals surface area contributed by atoms with E-state index in [9.17, 15) is 14.4 Å². The molecule has 1 saturated carbocycles. The molecular formula is C22H22O6. The second-order valence-electron chi connectivity index (χ2n) is 8.71. The van der Waals surface area contributed by atoms with E-state index in [4.69, 9.17) is 13.9 Å². The summed E-state index contributed by atoms with van der Waals surface area (Å²) >= 11 is 0. The molecule has 0 N–H and O–H groups in total. The average molecular weight is 382 g/mol. The molecule has 1 aromatic rings. The largest absolute Gasteiger partial charge is 0.468 e. The zero-order valence-electron chi connectivity index (χ0n) is 15.9. The fraction of sp³-hybridized carbons (Fsp3) is 0.500. The first-order valence-corrected chi connectivity index (χ1v) is 9.63. The minimum atomic E-state index is -0.644. The molecule has 1 spiro atoms. The minimum absolute atomic E-state index is 0.00721. The Kier molecular flexibility index (Phi) is 3.41. The Bertz CT molecular complexity index is 967. The van der Waals surface area contributed by atoms with Gasteiger partial charge in [-0.15, -0.1) is 0 Å². The number of carbonyl (C=O) groups excluding carboxylic acids is 3. The molecule has 3 aliphatic carbocycles. The van der Waals surface area contributed by atoms with Crippen molar-refractivity contribution < 1.29 is 28.3 Å². The van der Waals surface area contributed by atoms with E-state index in [1.54, 1.807) is 12.3 Å². The molecule has 0 bridgehead atoms. The normalized spacial score (nSPS) is 38.6. The first kappa shape index (κ1) is 17.5. The molecule has 5 rings (SSSR count). The van der Waals surface area contributed by atoms with Gasteiger partial charge < -0.3 is 13.9 Å². The van der Waals surface area contributed by atoms with Crippen molar-refractivity contribution in [3.05, 3.63) is 47.5 Å². The molecular weight excluding hydrogens is 360 g/mol. The number of ether oxygens (including phenoxy) is 2. The standard InChI is InChI=1S/C22H22O6/c1-11-17(28-12(2)23)9-22-10-27-20(25)15(22)5-4-14-18-13(6-7-26-18)16(24)8-21(11,3)19(14)22/h5-7,14,17,19H,1,4,8-10H2,2-3H3/t14-,17-,19-,21-,22+/m0/s1. The fourth-order valence-corrected chi connectivity index (χ4v) is 6.30. The van der Waals surface area contributed by atoms with Gasteiger partial charge in [-0.2, -0.15) is 0 Å². The van der Waals surface area contributed by atoms with Crippen molar-refractivity contribution >= 4 is 17.7 Å². The molecule has 6 nitrogen and oxygen atoms in total. The molecule has 0 radical (unpaired) electrons. The molecule has 28 heavy (non-hydrogen) atoms. The molecule has 0 unspecified atom stereocenters. The van der Waals surface area contributed by atoms with Crippen molar-refractivity contribution in [3.8, 4) is 0 Å². The predicted octanol–water partition coefficient (Wildman–Crippen LogP) is 3.34. The van der Waals surface area contributed by atoms with Crippen molar-refractivity contribution in [3.63, 3.8) is 0 Å². The molecule has 0 aromatic carbocycles. The summed E-state index contributed by atoms with van der Waals surface area (Å²) in [6.45, 7) is 7.88. The van der Waals surface area contributed by atoms with Crippen molar-refractivity contribution in [1.82, 2.24) is 0 Å². The second kappa shape index (κ2) is 5.46. The number of esters is 2. The summed E-state index contributed by atoms with van der Waals surface area (Å²) in [5.41, 5.74) is 0.726. The van der Waals surface area contributed by atoms with E-state index in [0.29, 0.717) is 29.7 Å². The number of allylic oxidation sites excluding steroid dienone is 1. The van der Waals surface area contributed by atoms with Gasteiger partial charge in [0.15, 0.2) is 5.78 Å². The van der Waals surface area contributed by atoms with Crippen LogP contribution in [0.1, 0.15) is 55.1 Å². The highest BCUT2D eigenvalue weighted by atomic mass is 16.5. The first-order chi connectivity index (χ1) is 13.3. The van der Waals surface area contributed by atoms with Crippen molar-refractivity contribution in [2.24, 2.45) is 16.7 Å². The van der Waals surface area contributed by atoms with Crippen LogP contribution in [0.3, 0.4) is 0 Å². The molecule has 0 amide bonds. The molecule has 5 atom stereocenters. The summed E-state index contributed by atoms with van der Waals surface area (Å²) in [5, 5.41) is 0. The van der Waals surface area contributed by atoms with E-state index in [0.717, 1.165) is 5.57 Å². The SMILES string of the molecule is C=C1[C@@H](OC(C)=O)C[C@@]23COC(=O)C2=CC[C@H]2c4occc4C(=O)C[C@]1(C)[C@H]23. The number of ketones is 1. The highest BCUT2D eigenvalue weighted by Crippen LogP contribution is 2.68. The topological polar surface area (TPSA) is 82.8 Å². The maximum Gasteiger partial charge on any atom is 0.334 e. The van der Waals surface area contributed by atoms with Crippen molar-refractivity contribution in [2.75, 3.05) is 6.61 Å². The summed E-state index contributed by atoms with van der Waals surface area (Å²) in [6, 6.07) is 1.73.